The lowest BCUT2D eigenvalue weighted by atomic mass is 9.83. The molecule has 3 rings (SSSR count). The van der Waals surface area contributed by atoms with Gasteiger partial charge in [0.05, 0.1) is 17.2 Å². The zero-order valence-corrected chi connectivity index (χ0v) is 13.3. The van der Waals surface area contributed by atoms with Crippen LogP contribution in [0.3, 0.4) is 0 Å². The Morgan fingerprint density at radius 2 is 1.91 bits per heavy atom. The third-order valence-corrected chi connectivity index (χ3v) is 6.54. The summed E-state index contributed by atoms with van der Waals surface area (Å²) in [6.45, 7) is 0. The van der Waals surface area contributed by atoms with E-state index in [9.17, 15) is 18.3 Å². The summed E-state index contributed by atoms with van der Waals surface area (Å²) in [6, 6.07) is 5.07. The molecule has 1 aromatic carbocycles. The SMILES string of the molecule is O=C1CC2CCCC(/C1=C/O)N2S(=O)(=O)c1ccc(Cl)cc1. The number of hydrogen-bond donors (Lipinski definition) is 1. The average Bonchev–Trinajstić information content (AvgIpc) is 2.47. The molecule has 118 valence electrons. The van der Waals surface area contributed by atoms with Gasteiger partial charge >= 0.3 is 0 Å². The largest absolute Gasteiger partial charge is 0.515 e. The highest BCUT2D eigenvalue weighted by atomic mass is 35.5. The van der Waals surface area contributed by atoms with E-state index in [0.29, 0.717) is 17.9 Å². The third kappa shape index (κ3) is 2.45. The number of carbonyl (C=O) groups is 1. The highest BCUT2D eigenvalue weighted by molar-refractivity contribution is 7.89. The molecule has 2 unspecified atom stereocenters. The third-order valence-electron chi connectivity index (χ3n) is 4.31. The van der Waals surface area contributed by atoms with E-state index in [0.717, 1.165) is 12.7 Å². The number of halogens is 1. The molecule has 2 atom stereocenters. The van der Waals surface area contributed by atoms with Crippen LogP contribution >= 0.6 is 11.6 Å². The number of piperidine rings is 2. The molecule has 2 aliphatic heterocycles. The Morgan fingerprint density at radius 3 is 2.55 bits per heavy atom. The Kier molecular flexibility index (Phi) is 4.01. The van der Waals surface area contributed by atoms with E-state index in [1.165, 1.54) is 28.6 Å². The van der Waals surface area contributed by atoms with Crippen LogP contribution < -0.4 is 0 Å². The van der Waals surface area contributed by atoms with Gasteiger partial charge in [0.15, 0.2) is 5.78 Å². The molecular formula is C15H16ClNO4S. The van der Waals surface area contributed by atoms with E-state index in [4.69, 9.17) is 11.6 Å². The van der Waals surface area contributed by atoms with Crippen molar-refractivity contribution < 1.29 is 18.3 Å². The second-order valence-corrected chi connectivity index (χ2v) is 7.88. The number of aliphatic hydroxyl groups excluding tert-OH is 1. The molecule has 2 aliphatic rings. The molecule has 2 heterocycles. The Morgan fingerprint density at radius 1 is 1.23 bits per heavy atom. The molecule has 1 N–H and O–H groups in total. The summed E-state index contributed by atoms with van der Waals surface area (Å²) < 4.78 is 27.3. The van der Waals surface area contributed by atoms with E-state index >= 15 is 0 Å². The van der Waals surface area contributed by atoms with Gasteiger partial charge in [-0.3, -0.25) is 4.79 Å². The fourth-order valence-electron chi connectivity index (χ4n) is 3.31. The van der Waals surface area contributed by atoms with Gasteiger partial charge in [0.2, 0.25) is 10.0 Å². The number of benzene rings is 1. The van der Waals surface area contributed by atoms with E-state index in [1.54, 1.807) is 0 Å². The smallest absolute Gasteiger partial charge is 0.243 e. The average molecular weight is 342 g/mol. The van der Waals surface area contributed by atoms with Crippen LogP contribution in [0.15, 0.2) is 41.0 Å². The molecule has 5 nitrogen and oxygen atoms in total. The summed E-state index contributed by atoms with van der Waals surface area (Å²) >= 11 is 5.81. The quantitative estimate of drug-likeness (QED) is 0.663. The van der Waals surface area contributed by atoms with Crippen molar-refractivity contribution in [2.24, 2.45) is 0 Å². The summed E-state index contributed by atoms with van der Waals surface area (Å²) in [5.41, 5.74) is 0.188. The normalized spacial score (nSPS) is 28.0. The maximum absolute atomic E-state index is 12.9. The van der Waals surface area contributed by atoms with Gasteiger partial charge in [0, 0.05) is 23.1 Å². The number of rotatable bonds is 2. The fourth-order valence-corrected chi connectivity index (χ4v) is 5.28. The van der Waals surface area contributed by atoms with E-state index in [-0.39, 0.29) is 28.7 Å². The van der Waals surface area contributed by atoms with Crippen molar-refractivity contribution in [1.82, 2.24) is 4.31 Å². The highest BCUT2D eigenvalue weighted by Crippen LogP contribution is 2.39. The van der Waals surface area contributed by atoms with Gasteiger partial charge in [-0.15, -0.1) is 0 Å². The van der Waals surface area contributed by atoms with Gasteiger partial charge in [-0.1, -0.05) is 11.6 Å². The molecule has 0 aliphatic carbocycles. The first kappa shape index (κ1) is 15.5. The van der Waals surface area contributed by atoms with Crippen molar-refractivity contribution in [3.8, 4) is 0 Å². The minimum atomic E-state index is -3.73. The predicted molar refractivity (Wildman–Crippen MR) is 82.2 cm³/mol. The molecule has 0 radical (unpaired) electrons. The molecule has 7 heteroatoms. The van der Waals surface area contributed by atoms with Gasteiger partial charge in [-0.25, -0.2) is 8.42 Å². The van der Waals surface area contributed by atoms with Crippen LogP contribution in [0.25, 0.3) is 0 Å². The van der Waals surface area contributed by atoms with Crippen molar-refractivity contribution in [1.29, 1.82) is 0 Å². The van der Waals surface area contributed by atoms with Crippen LogP contribution in [0.1, 0.15) is 25.7 Å². The van der Waals surface area contributed by atoms with E-state index in [2.05, 4.69) is 0 Å². The van der Waals surface area contributed by atoms with Gasteiger partial charge in [0.1, 0.15) is 0 Å². The van der Waals surface area contributed by atoms with Gasteiger partial charge in [-0.2, -0.15) is 4.31 Å². The summed E-state index contributed by atoms with van der Waals surface area (Å²) in [5.74, 6) is -0.167. The monoisotopic (exact) mass is 341 g/mol. The lowest BCUT2D eigenvalue weighted by Crippen LogP contribution is -2.56. The molecular weight excluding hydrogens is 326 g/mol. The summed E-state index contributed by atoms with van der Waals surface area (Å²) in [7, 11) is -3.73. The number of carbonyl (C=O) groups excluding carboxylic acids is 1. The molecule has 0 saturated carbocycles. The van der Waals surface area contributed by atoms with Crippen molar-refractivity contribution in [2.45, 2.75) is 42.7 Å². The van der Waals surface area contributed by atoms with E-state index < -0.39 is 16.1 Å². The summed E-state index contributed by atoms with van der Waals surface area (Å²) in [5, 5.41) is 9.80. The van der Waals surface area contributed by atoms with Crippen LogP contribution in [0.2, 0.25) is 5.02 Å². The number of ketones is 1. The van der Waals surface area contributed by atoms with Crippen molar-refractivity contribution in [3.05, 3.63) is 41.1 Å². The van der Waals surface area contributed by atoms with Gasteiger partial charge < -0.3 is 5.11 Å². The number of Topliss-reactive ketones (excluding diaryl/α,β-unsaturated/α-hetero) is 1. The first-order valence-corrected chi connectivity index (χ1v) is 8.93. The van der Waals surface area contributed by atoms with Crippen molar-refractivity contribution in [3.63, 3.8) is 0 Å². The first-order valence-electron chi connectivity index (χ1n) is 7.11. The number of aliphatic hydroxyl groups is 1. The van der Waals surface area contributed by atoms with Crippen LogP contribution in [-0.2, 0) is 14.8 Å². The maximum Gasteiger partial charge on any atom is 0.243 e. The lowest BCUT2D eigenvalue weighted by Gasteiger charge is -2.44. The second kappa shape index (κ2) is 5.68. The molecule has 0 amide bonds. The molecule has 0 spiro atoms. The number of sulfonamides is 1. The van der Waals surface area contributed by atoms with Crippen LogP contribution in [0, 0.1) is 0 Å². The number of hydrogen-bond acceptors (Lipinski definition) is 4. The van der Waals surface area contributed by atoms with Crippen LogP contribution in [0.4, 0.5) is 0 Å². The first-order chi connectivity index (χ1) is 10.4. The Bertz CT molecular complexity index is 726. The van der Waals surface area contributed by atoms with Gasteiger partial charge in [-0.05, 0) is 43.5 Å². The minimum Gasteiger partial charge on any atom is -0.515 e. The Hall–Kier alpha value is -1.37. The van der Waals surface area contributed by atoms with Gasteiger partial charge in [0.25, 0.3) is 0 Å². The summed E-state index contributed by atoms with van der Waals surface area (Å²) in [6.07, 6.45) is 2.93. The molecule has 2 fully saturated rings. The molecule has 2 bridgehead atoms. The zero-order chi connectivity index (χ0) is 15.9. The fraction of sp³-hybridized carbons (Fsp3) is 0.400. The van der Waals surface area contributed by atoms with Crippen molar-refractivity contribution in [2.75, 3.05) is 0 Å². The highest BCUT2D eigenvalue weighted by Gasteiger charge is 2.47. The van der Waals surface area contributed by atoms with E-state index in [1.807, 2.05) is 0 Å². The predicted octanol–water partition coefficient (Wildman–Crippen LogP) is 2.67. The maximum atomic E-state index is 12.9. The second-order valence-electron chi connectivity index (χ2n) is 5.60. The number of fused-ring (bicyclic) bond motifs is 2. The summed E-state index contributed by atoms with van der Waals surface area (Å²) in [4.78, 5) is 12.2. The standard InChI is InChI=1S/C15H16ClNO4S/c16-10-4-6-12(7-5-10)22(20,21)17-11-2-1-3-14(17)13(9-18)15(19)8-11/h4-7,9,11,14,18H,1-3,8H2/b13-9-. The van der Waals surface area contributed by atoms with Crippen LogP contribution in [0.5, 0.6) is 0 Å². The zero-order valence-electron chi connectivity index (χ0n) is 11.8. The number of nitrogens with zero attached hydrogens (tertiary/aromatic N) is 1. The molecule has 2 saturated heterocycles. The van der Waals surface area contributed by atoms with Crippen molar-refractivity contribution >= 4 is 27.4 Å². The Balaban J connectivity index is 2.05. The Labute approximate surface area is 134 Å². The lowest BCUT2D eigenvalue weighted by molar-refractivity contribution is -0.119. The minimum absolute atomic E-state index is 0.121. The topological polar surface area (TPSA) is 74.7 Å². The molecule has 1 aromatic rings. The van der Waals surface area contributed by atoms with Crippen LogP contribution in [-0.4, -0.2) is 35.7 Å². The molecule has 0 aromatic heterocycles. The molecule has 22 heavy (non-hydrogen) atoms.